The van der Waals surface area contributed by atoms with E-state index in [1.165, 1.54) is 13.2 Å². The van der Waals surface area contributed by atoms with E-state index in [0.29, 0.717) is 29.4 Å². The fourth-order valence-electron chi connectivity index (χ4n) is 3.41. The molecular weight excluding hydrogens is 416 g/mol. The average Bonchev–Trinajstić information content (AvgIpc) is 2.86. The molecule has 0 fully saturated rings. The number of ketones is 1. The highest BCUT2D eigenvalue weighted by atomic mass is 16.5. The van der Waals surface area contributed by atoms with Crippen LogP contribution in [0.1, 0.15) is 27.0 Å². The lowest BCUT2D eigenvalue weighted by molar-refractivity contribution is 0.104. The van der Waals surface area contributed by atoms with Crippen LogP contribution in [-0.2, 0) is 13.0 Å². The van der Waals surface area contributed by atoms with E-state index in [1.807, 2.05) is 48.5 Å². The van der Waals surface area contributed by atoms with E-state index < -0.39 is 0 Å². The zero-order valence-electron chi connectivity index (χ0n) is 19.2. The van der Waals surface area contributed by atoms with E-state index in [2.05, 4.69) is 6.58 Å². The van der Waals surface area contributed by atoms with Gasteiger partial charge in [-0.15, -0.1) is 6.58 Å². The first-order chi connectivity index (χ1) is 16.1. The van der Waals surface area contributed by atoms with Crippen LogP contribution < -0.4 is 18.9 Å². The Morgan fingerprint density at radius 3 is 2.33 bits per heavy atom. The van der Waals surface area contributed by atoms with Crippen LogP contribution in [0.5, 0.6) is 23.0 Å². The van der Waals surface area contributed by atoms with Crippen molar-refractivity contribution in [1.29, 1.82) is 0 Å². The Morgan fingerprint density at radius 2 is 1.61 bits per heavy atom. The summed E-state index contributed by atoms with van der Waals surface area (Å²) in [5.74, 6) is 2.42. The van der Waals surface area contributed by atoms with Crippen molar-refractivity contribution in [2.24, 2.45) is 0 Å². The Kier molecular flexibility index (Phi) is 8.30. The van der Waals surface area contributed by atoms with Crippen LogP contribution in [0.4, 0.5) is 0 Å². The highest BCUT2D eigenvalue weighted by Crippen LogP contribution is 2.27. The number of rotatable bonds is 11. The predicted molar refractivity (Wildman–Crippen MR) is 131 cm³/mol. The third kappa shape index (κ3) is 6.04. The normalized spacial score (nSPS) is 10.6. The summed E-state index contributed by atoms with van der Waals surface area (Å²) in [6.45, 7) is 4.14. The monoisotopic (exact) mass is 444 g/mol. The lowest BCUT2D eigenvalue weighted by Gasteiger charge is -2.13. The molecule has 0 aromatic heterocycles. The molecular formula is C28H28O5. The third-order valence-corrected chi connectivity index (χ3v) is 5.12. The molecule has 5 heteroatoms. The Bertz CT molecular complexity index is 1150. The molecule has 0 N–H and O–H groups in total. The van der Waals surface area contributed by atoms with E-state index in [1.54, 1.807) is 38.5 Å². The molecule has 0 unspecified atom stereocenters. The highest BCUT2D eigenvalue weighted by molar-refractivity contribution is 6.08. The van der Waals surface area contributed by atoms with Crippen molar-refractivity contribution in [3.05, 3.63) is 102 Å². The molecule has 0 bridgehead atoms. The van der Waals surface area contributed by atoms with E-state index in [-0.39, 0.29) is 5.78 Å². The standard InChI is InChI=1S/C28H28O5/c1-5-8-21-9-6-7-10-27(21)33-19-22-17-20(12-15-26(22)31-3)11-14-25(29)24-18-23(30-2)13-16-28(24)32-4/h5-7,9-18H,1,8,19H2,2-4H3/b14-11+. The predicted octanol–water partition coefficient (Wildman–Crippen LogP) is 5.92. The van der Waals surface area contributed by atoms with Crippen molar-refractivity contribution in [1.82, 2.24) is 0 Å². The Morgan fingerprint density at radius 1 is 0.848 bits per heavy atom. The largest absolute Gasteiger partial charge is 0.497 e. The fourth-order valence-corrected chi connectivity index (χ4v) is 3.41. The second-order valence-corrected chi connectivity index (χ2v) is 7.22. The smallest absolute Gasteiger partial charge is 0.189 e. The Balaban J connectivity index is 1.80. The summed E-state index contributed by atoms with van der Waals surface area (Å²) in [4.78, 5) is 12.8. The second-order valence-electron chi connectivity index (χ2n) is 7.22. The summed E-state index contributed by atoms with van der Waals surface area (Å²) in [7, 11) is 4.71. The maximum absolute atomic E-state index is 12.8. The summed E-state index contributed by atoms with van der Waals surface area (Å²) < 4.78 is 22.1. The number of allylic oxidation sites excluding steroid dienone is 2. The fraction of sp³-hybridized carbons (Fsp3) is 0.179. The minimum absolute atomic E-state index is 0.183. The van der Waals surface area contributed by atoms with Gasteiger partial charge < -0.3 is 18.9 Å². The summed E-state index contributed by atoms with van der Waals surface area (Å²) in [6, 6.07) is 18.7. The van der Waals surface area contributed by atoms with Crippen molar-refractivity contribution in [2.75, 3.05) is 21.3 Å². The van der Waals surface area contributed by atoms with Gasteiger partial charge in [0.2, 0.25) is 0 Å². The average molecular weight is 445 g/mol. The lowest BCUT2D eigenvalue weighted by atomic mass is 10.1. The minimum atomic E-state index is -0.183. The number of carbonyl (C=O) groups is 1. The first kappa shape index (κ1) is 23.7. The molecule has 5 nitrogen and oxygen atoms in total. The summed E-state index contributed by atoms with van der Waals surface area (Å²) in [5.41, 5.74) is 3.23. The summed E-state index contributed by atoms with van der Waals surface area (Å²) in [6.07, 6.45) is 5.85. The van der Waals surface area contributed by atoms with Crippen LogP contribution in [0, 0.1) is 0 Å². The number of hydrogen-bond donors (Lipinski definition) is 0. The molecule has 0 atom stereocenters. The van der Waals surface area contributed by atoms with Gasteiger partial charge in [0.1, 0.15) is 29.6 Å². The van der Waals surface area contributed by atoms with Gasteiger partial charge in [0.05, 0.1) is 26.9 Å². The van der Waals surface area contributed by atoms with Crippen molar-refractivity contribution in [3.8, 4) is 23.0 Å². The zero-order chi connectivity index (χ0) is 23.6. The van der Waals surface area contributed by atoms with E-state index in [4.69, 9.17) is 18.9 Å². The Hall–Kier alpha value is -3.99. The van der Waals surface area contributed by atoms with Gasteiger partial charge in [-0.2, -0.15) is 0 Å². The van der Waals surface area contributed by atoms with Crippen LogP contribution in [-0.4, -0.2) is 27.1 Å². The summed E-state index contributed by atoms with van der Waals surface area (Å²) >= 11 is 0. The first-order valence-electron chi connectivity index (χ1n) is 10.5. The van der Waals surface area contributed by atoms with Gasteiger partial charge >= 0.3 is 0 Å². The second kappa shape index (κ2) is 11.6. The molecule has 0 aliphatic carbocycles. The van der Waals surface area contributed by atoms with E-state index in [9.17, 15) is 4.79 Å². The molecule has 0 saturated heterocycles. The molecule has 170 valence electrons. The van der Waals surface area contributed by atoms with E-state index >= 15 is 0 Å². The Labute approximate surface area is 194 Å². The molecule has 3 aromatic rings. The topological polar surface area (TPSA) is 54.0 Å². The van der Waals surface area contributed by atoms with Gasteiger partial charge in [-0.25, -0.2) is 0 Å². The van der Waals surface area contributed by atoms with Crippen molar-refractivity contribution in [2.45, 2.75) is 13.0 Å². The zero-order valence-corrected chi connectivity index (χ0v) is 19.2. The van der Waals surface area contributed by atoms with Crippen molar-refractivity contribution >= 4 is 11.9 Å². The molecule has 33 heavy (non-hydrogen) atoms. The molecule has 0 heterocycles. The number of benzene rings is 3. The van der Waals surface area contributed by atoms with E-state index in [0.717, 1.165) is 28.9 Å². The SMILES string of the molecule is C=CCc1ccccc1OCc1cc(/C=C/C(=O)c2cc(OC)ccc2OC)ccc1OC. The maximum atomic E-state index is 12.8. The maximum Gasteiger partial charge on any atom is 0.189 e. The number of para-hydroxylation sites is 1. The first-order valence-corrected chi connectivity index (χ1v) is 10.5. The lowest BCUT2D eigenvalue weighted by Crippen LogP contribution is -2.01. The quantitative estimate of drug-likeness (QED) is 0.209. The van der Waals surface area contributed by atoms with Gasteiger partial charge in [0.15, 0.2) is 5.78 Å². The van der Waals surface area contributed by atoms with Crippen LogP contribution in [0.2, 0.25) is 0 Å². The molecule has 0 aliphatic heterocycles. The molecule has 0 amide bonds. The third-order valence-electron chi connectivity index (χ3n) is 5.12. The van der Waals surface area contributed by atoms with Gasteiger partial charge in [-0.05, 0) is 60.0 Å². The number of ether oxygens (including phenoxy) is 4. The van der Waals surface area contributed by atoms with Gasteiger partial charge in [0.25, 0.3) is 0 Å². The molecule has 0 spiro atoms. The molecule has 0 saturated carbocycles. The molecule has 0 radical (unpaired) electrons. The van der Waals surface area contributed by atoms with Gasteiger partial charge in [-0.3, -0.25) is 4.79 Å². The molecule has 3 aromatic carbocycles. The summed E-state index contributed by atoms with van der Waals surface area (Å²) in [5, 5.41) is 0. The minimum Gasteiger partial charge on any atom is -0.497 e. The highest BCUT2D eigenvalue weighted by Gasteiger charge is 2.12. The van der Waals surface area contributed by atoms with Crippen LogP contribution in [0.15, 0.2) is 79.4 Å². The van der Waals surface area contributed by atoms with Crippen LogP contribution >= 0.6 is 0 Å². The number of hydrogen-bond acceptors (Lipinski definition) is 5. The van der Waals surface area contributed by atoms with Gasteiger partial charge in [0, 0.05) is 5.56 Å². The van der Waals surface area contributed by atoms with Crippen molar-refractivity contribution in [3.63, 3.8) is 0 Å². The van der Waals surface area contributed by atoms with Crippen LogP contribution in [0.25, 0.3) is 6.08 Å². The van der Waals surface area contributed by atoms with Crippen molar-refractivity contribution < 1.29 is 23.7 Å². The number of carbonyl (C=O) groups excluding carboxylic acids is 1. The molecule has 0 aliphatic rings. The van der Waals surface area contributed by atoms with Crippen LogP contribution in [0.3, 0.4) is 0 Å². The number of methoxy groups -OCH3 is 3. The van der Waals surface area contributed by atoms with Gasteiger partial charge in [-0.1, -0.05) is 36.4 Å². The molecule has 3 rings (SSSR count).